The third-order valence-electron chi connectivity index (χ3n) is 2.91. The Balaban J connectivity index is 2.31. The molecular formula is C13H16FN3O. The molecular weight excluding hydrogens is 233 g/mol. The summed E-state index contributed by atoms with van der Waals surface area (Å²) in [5.74, 6) is 0.599. The van der Waals surface area contributed by atoms with Crippen molar-refractivity contribution < 1.29 is 8.81 Å². The van der Waals surface area contributed by atoms with Crippen molar-refractivity contribution in [1.29, 1.82) is 0 Å². The number of rotatable bonds is 4. The molecule has 1 aromatic carbocycles. The van der Waals surface area contributed by atoms with Crippen LogP contribution in [0.1, 0.15) is 30.8 Å². The number of halogens is 1. The summed E-state index contributed by atoms with van der Waals surface area (Å²) in [5, 5.41) is 11.0. The second kappa shape index (κ2) is 5.27. The molecule has 0 fully saturated rings. The monoisotopic (exact) mass is 249 g/mol. The quantitative estimate of drug-likeness (QED) is 0.905. The van der Waals surface area contributed by atoms with Gasteiger partial charge in [0, 0.05) is 5.56 Å². The molecule has 0 aliphatic rings. The highest BCUT2D eigenvalue weighted by Gasteiger charge is 2.16. The van der Waals surface area contributed by atoms with Gasteiger partial charge in [0.25, 0.3) is 0 Å². The maximum Gasteiger partial charge on any atom is 0.247 e. The van der Waals surface area contributed by atoms with Crippen molar-refractivity contribution in [1.82, 2.24) is 15.5 Å². The van der Waals surface area contributed by atoms with Gasteiger partial charge in [0.15, 0.2) is 0 Å². The van der Waals surface area contributed by atoms with Gasteiger partial charge in [-0.15, -0.1) is 10.2 Å². The van der Waals surface area contributed by atoms with Gasteiger partial charge in [0.05, 0.1) is 6.04 Å². The Morgan fingerprint density at radius 2 is 2.17 bits per heavy atom. The van der Waals surface area contributed by atoms with Crippen molar-refractivity contribution in [2.75, 3.05) is 7.05 Å². The topological polar surface area (TPSA) is 51.0 Å². The van der Waals surface area contributed by atoms with Gasteiger partial charge in [0.1, 0.15) is 5.82 Å². The summed E-state index contributed by atoms with van der Waals surface area (Å²) in [5.41, 5.74) is 1.20. The SMILES string of the molecule is CCC(NC)c1nnc(-c2ccc(C)c(F)c2)o1. The highest BCUT2D eigenvalue weighted by atomic mass is 19.1. The lowest BCUT2D eigenvalue weighted by atomic mass is 10.1. The van der Waals surface area contributed by atoms with Gasteiger partial charge in [-0.1, -0.05) is 13.0 Å². The number of aromatic nitrogens is 2. The van der Waals surface area contributed by atoms with E-state index in [-0.39, 0.29) is 11.9 Å². The van der Waals surface area contributed by atoms with Gasteiger partial charge < -0.3 is 9.73 Å². The highest BCUT2D eigenvalue weighted by Crippen LogP contribution is 2.23. The zero-order valence-electron chi connectivity index (χ0n) is 10.7. The molecule has 1 heterocycles. The van der Waals surface area contributed by atoms with E-state index in [1.807, 2.05) is 14.0 Å². The van der Waals surface area contributed by atoms with Gasteiger partial charge in [-0.05, 0) is 38.1 Å². The lowest BCUT2D eigenvalue weighted by Gasteiger charge is -2.07. The molecule has 0 saturated carbocycles. The average Bonchev–Trinajstić information content (AvgIpc) is 2.84. The van der Waals surface area contributed by atoms with Crippen molar-refractivity contribution in [3.05, 3.63) is 35.5 Å². The fourth-order valence-electron chi connectivity index (χ4n) is 1.72. The van der Waals surface area contributed by atoms with Gasteiger partial charge in [-0.25, -0.2) is 4.39 Å². The number of hydrogen-bond donors (Lipinski definition) is 1. The normalized spacial score (nSPS) is 12.7. The second-order valence-corrected chi connectivity index (χ2v) is 4.16. The third kappa shape index (κ3) is 2.41. The van der Waals surface area contributed by atoms with E-state index >= 15 is 0 Å². The Hall–Kier alpha value is -1.75. The molecule has 0 aliphatic heterocycles. The molecule has 0 saturated heterocycles. The van der Waals surface area contributed by atoms with Crippen LogP contribution in [-0.4, -0.2) is 17.2 Å². The molecule has 1 atom stereocenters. The Labute approximate surface area is 105 Å². The van der Waals surface area contributed by atoms with Crippen LogP contribution >= 0.6 is 0 Å². The fourth-order valence-corrected chi connectivity index (χ4v) is 1.72. The van der Waals surface area contributed by atoms with Gasteiger partial charge >= 0.3 is 0 Å². The Morgan fingerprint density at radius 3 is 2.78 bits per heavy atom. The minimum absolute atomic E-state index is 0.0292. The zero-order valence-corrected chi connectivity index (χ0v) is 10.7. The van der Waals surface area contributed by atoms with Gasteiger partial charge in [-0.2, -0.15) is 0 Å². The molecule has 0 bridgehead atoms. The van der Waals surface area contributed by atoms with Crippen molar-refractivity contribution in [2.45, 2.75) is 26.3 Å². The molecule has 96 valence electrons. The van der Waals surface area contributed by atoms with Crippen LogP contribution < -0.4 is 5.32 Å². The molecule has 1 unspecified atom stereocenters. The van der Waals surface area contributed by atoms with E-state index in [4.69, 9.17) is 4.42 Å². The van der Waals surface area contributed by atoms with E-state index in [1.54, 1.807) is 19.1 Å². The molecule has 18 heavy (non-hydrogen) atoms. The van der Waals surface area contributed by atoms with Gasteiger partial charge in [-0.3, -0.25) is 0 Å². The molecule has 0 amide bonds. The molecule has 0 radical (unpaired) electrons. The number of nitrogens with zero attached hydrogens (tertiary/aromatic N) is 2. The maximum absolute atomic E-state index is 13.5. The summed E-state index contributed by atoms with van der Waals surface area (Å²) >= 11 is 0. The first-order valence-corrected chi connectivity index (χ1v) is 5.93. The van der Waals surface area contributed by atoms with Crippen LogP contribution in [0.4, 0.5) is 4.39 Å². The molecule has 2 rings (SSSR count). The Kier molecular flexibility index (Phi) is 3.72. The summed E-state index contributed by atoms with van der Waals surface area (Å²) < 4.78 is 19.0. The van der Waals surface area contributed by atoms with E-state index in [0.29, 0.717) is 22.9 Å². The summed E-state index contributed by atoms with van der Waals surface area (Å²) in [6, 6.07) is 4.91. The first-order chi connectivity index (χ1) is 8.65. The lowest BCUT2D eigenvalue weighted by Crippen LogP contribution is -2.15. The van der Waals surface area contributed by atoms with Crippen LogP contribution in [0, 0.1) is 12.7 Å². The van der Waals surface area contributed by atoms with Crippen molar-refractivity contribution in [3.8, 4) is 11.5 Å². The molecule has 1 N–H and O–H groups in total. The molecule has 0 aliphatic carbocycles. The maximum atomic E-state index is 13.5. The predicted octanol–water partition coefficient (Wildman–Crippen LogP) is 2.85. The van der Waals surface area contributed by atoms with Crippen molar-refractivity contribution in [3.63, 3.8) is 0 Å². The van der Waals surface area contributed by atoms with Crippen molar-refractivity contribution in [2.24, 2.45) is 0 Å². The largest absolute Gasteiger partial charge is 0.419 e. The zero-order chi connectivity index (χ0) is 13.1. The molecule has 2 aromatic rings. The summed E-state index contributed by atoms with van der Waals surface area (Å²) in [6.45, 7) is 3.74. The fraction of sp³-hybridized carbons (Fsp3) is 0.385. The Bertz CT molecular complexity index is 535. The molecule has 5 heteroatoms. The lowest BCUT2D eigenvalue weighted by molar-refractivity contribution is 0.415. The van der Waals surface area contributed by atoms with Crippen LogP contribution in [-0.2, 0) is 0 Å². The van der Waals surface area contributed by atoms with E-state index in [0.717, 1.165) is 6.42 Å². The van der Waals surface area contributed by atoms with Crippen molar-refractivity contribution >= 4 is 0 Å². The second-order valence-electron chi connectivity index (χ2n) is 4.16. The average molecular weight is 249 g/mol. The number of nitrogens with one attached hydrogen (secondary N) is 1. The standard InChI is InChI=1S/C13H16FN3O/c1-4-11(15-3)13-17-16-12(18-13)9-6-5-8(2)10(14)7-9/h5-7,11,15H,4H2,1-3H3. The first-order valence-electron chi connectivity index (χ1n) is 5.93. The number of hydrogen-bond acceptors (Lipinski definition) is 4. The number of aryl methyl sites for hydroxylation is 1. The number of benzene rings is 1. The highest BCUT2D eigenvalue weighted by molar-refractivity contribution is 5.53. The van der Waals surface area contributed by atoms with E-state index in [1.165, 1.54) is 6.07 Å². The first kappa shape index (κ1) is 12.7. The van der Waals surface area contributed by atoms with Crippen LogP contribution in [0.3, 0.4) is 0 Å². The molecule has 4 nitrogen and oxygen atoms in total. The van der Waals surface area contributed by atoms with E-state index in [2.05, 4.69) is 15.5 Å². The summed E-state index contributed by atoms with van der Waals surface area (Å²) in [7, 11) is 1.84. The third-order valence-corrected chi connectivity index (χ3v) is 2.91. The smallest absolute Gasteiger partial charge is 0.247 e. The van der Waals surface area contributed by atoms with Crippen LogP contribution in [0.15, 0.2) is 22.6 Å². The van der Waals surface area contributed by atoms with Gasteiger partial charge in [0.2, 0.25) is 11.8 Å². The molecule has 0 spiro atoms. The molecule has 1 aromatic heterocycles. The van der Waals surface area contributed by atoms with Crippen LogP contribution in [0.5, 0.6) is 0 Å². The summed E-state index contributed by atoms with van der Waals surface area (Å²) in [6.07, 6.45) is 0.848. The minimum atomic E-state index is -0.270. The minimum Gasteiger partial charge on any atom is -0.419 e. The summed E-state index contributed by atoms with van der Waals surface area (Å²) in [4.78, 5) is 0. The van der Waals surface area contributed by atoms with E-state index < -0.39 is 0 Å². The van der Waals surface area contributed by atoms with E-state index in [9.17, 15) is 4.39 Å². The Morgan fingerprint density at radius 1 is 1.39 bits per heavy atom. The van der Waals surface area contributed by atoms with Crippen LogP contribution in [0.2, 0.25) is 0 Å². The predicted molar refractivity (Wildman–Crippen MR) is 66.5 cm³/mol. The van der Waals surface area contributed by atoms with Crippen LogP contribution in [0.25, 0.3) is 11.5 Å².